The van der Waals surface area contributed by atoms with Crippen LogP contribution in [-0.4, -0.2) is 71.9 Å². The lowest BCUT2D eigenvalue weighted by Crippen LogP contribution is -2.40. The van der Waals surface area contributed by atoms with E-state index in [4.69, 9.17) is 0 Å². The molecule has 0 unspecified atom stereocenters. The van der Waals surface area contributed by atoms with Gasteiger partial charge in [0.25, 0.3) is 5.91 Å². The number of likely N-dealkylation sites (tertiary alicyclic amines) is 2. The van der Waals surface area contributed by atoms with Crippen molar-refractivity contribution >= 4 is 5.91 Å². The highest BCUT2D eigenvalue weighted by Gasteiger charge is 2.36. The molecule has 1 aromatic carbocycles. The number of amides is 1. The fourth-order valence-corrected chi connectivity index (χ4v) is 4.01. The van der Waals surface area contributed by atoms with Crippen molar-refractivity contribution in [3.05, 3.63) is 35.4 Å². The Labute approximate surface area is 152 Å². The lowest BCUT2D eigenvalue weighted by atomic mass is 9.93. The summed E-state index contributed by atoms with van der Waals surface area (Å²) in [5.74, 6) is -1.82. The second-order valence-corrected chi connectivity index (χ2v) is 7.47. The van der Waals surface area contributed by atoms with Crippen LogP contribution in [0.5, 0.6) is 0 Å². The lowest BCUT2D eigenvalue weighted by Gasteiger charge is -2.33. The second kappa shape index (κ2) is 8.41. The van der Waals surface area contributed by atoms with E-state index in [-0.39, 0.29) is 36.5 Å². The molecular weight excluding hydrogens is 342 g/mol. The molecule has 2 atom stereocenters. The maximum absolute atomic E-state index is 13.4. The third-order valence-electron chi connectivity index (χ3n) is 5.72. The Hall–Kier alpha value is -1.57. The van der Waals surface area contributed by atoms with Crippen molar-refractivity contribution in [1.29, 1.82) is 0 Å². The molecule has 2 heterocycles. The smallest absolute Gasteiger partial charge is 0.253 e. The molecule has 2 saturated heterocycles. The van der Waals surface area contributed by atoms with Crippen LogP contribution in [0.15, 0.2) is 18.2 Å². The summed E-state index contributed by atoms with van der Waals surface area (Å²) in [6, 6.07) is 3.19. The van der Waals surface area contributed by atoms with Crippen molar-refractivity contribution in [1.82, 2.24) is 9.80 Å². The Morgan fingerprint density at radius 3 is 2.35 bits per heavy atom. The highest BCUT2D eigenvalue weighted by molar-refractivity contribution is 5.94. The number of aliphatic hydroxyl groups is 2. The highest BCUT2D eigenvalue weighted by atomic mass is 19.2. The van der Waals surface area contributed by atoms with Crippen LogP contribution >= 0.6 is 0 Å². The minimum atomic E-state index is -1.03. The molecule has 0 radical (unpaired) electrons. The van der Waals surface area contributed by atoms with Gasteiger partial charge in [-0.05, 0) is 56.0 Å². The van der Waals surface area contributed by atoms with Crippen LogP contribution in [0.3, 0.4) is 0 Å². The Morgan fingerprint density at radius 2 is 1.73 bits per heavy atom. The summed E-state index contributed by atoms with van der Waals surface area (Å²) in [6.45, 7) is 3.78. The van der Waals surface area contributed by atoms with Gasteiger partial charge in [0.1, 0.15) is 0 Å². The first-order chi connectivity index (χ1) is 12.5. The topological polar surface area (TPSA) is 64.0 Å². The Balaban J connectivity index is 1.61. The van der Waals surface area contributed by atoms with Crippen molar-refractivity contribution in [2.24, 2.45) is 17.8 Å². The predicted molar refractivity (Wildman–Crippen MR) is 92.6 cm³/mol. The number of nitrogens with zero attached hydrogens (tertiary/aromatic N) is 2. The van der Waals surface area contributed by atoms with Crippen molar-refractivity contribution in [2.45, 2.75) is 12.8 Å². The molecule has 7 heteroatoms. The number of piperidine rings is 1. The predicted octanol–water partition coefficient (Wildman–Crippen LogP) is 1.35. The molecule has 2 aliphatic heterocycles. The summed E-state index contributed by atoms with van der Waals surface area (Å²) >= 11 is 0. The van der Waals surface area contributed by atoms with Crippen LogP contribution in [0.25, 0.3) is 0 Å². The largest absolute Gasteiger partial charge is 0.396 e. The summed E-state index contributed by atoms with van der Waals surface area (Å²) in [5, 5.41) is 18.9. The van der Waals surface area contributed by atoms with Crippen LogP contribution in [0.1, 0.15) is 23.2 Å². The normalized spacial score (nSPS) is 25.0. The summed E-state index contributed by atoms with van der Waals surface area (Å²) in [7, 11) is 0. The minimum Gasteiger partial charge on any atom is -0.396 e. The quantitative estimate of drug-likeness (QED) is 0.824. The van der Waals surface area contributed by atoms with E-state index in [1.807, 2.05) is 0 Å². The summed E-state index contributed by atoms with van der Waals surface area (Å²) in [6.07, 6.45) is 1.93. The maximum Gasteiger partial charge on any atom is 0.253 e. The molecule has 0 spiro atoms. The molecule has 2 aliphatic rings. The molecule has 1 amide bonds. The van der Waals surface area contributed by atoms with Gasteiger partial charge >= 0.3 is 0 Å². The van der Waals surface area contributed by atoms with Gasteiger partial charge < -0.3 is 20.0 Å². The van der Waals surface area contributed by atoms with E-state index in [1.54, 1.807) is 4.90 Å². The summed E-state index contributed by atoms with van der Waals surface area (Å²) in [5.41, 5.74) is 0.130. The number of benzene rings is 1. The van der Waals surface area contributed by atoms with E-state index < -0.39 is 11.6 Å². The SMILES string of the molecule is O=C(c1ccc(F)c(F)c1)N1C[C@@H](CN2CCC(CO)CC2)[C@@H](CO)C1. The molecule has 0 aromatic heterocycles. The third-order valence-corrected chi connectivity index (χ3v) is 5.72. The van der Waals surface area contributed by atoms with E-state index in [2.05, 4.69) is 4.90 Å². The molecular formula is C19H26F2N2O3. The first-order valence-corrected chi connectivity index (χ1v) is 9.20. The van der Waals surface area contributed by atoms with Crippen molar-refractivity contribution in [3.63, 3.8) is 0 Å². The average Bonchev–Trinajstić information content (AvgIpc) is 3.07. The molecule has 144 valence electrons. The monoisotopic (exact) mass is 368 g/mol. The zero-order valence-corrected chi connectivity index (χ0v) is 14.8. The van der Waals surface area contributed by atoms with Gasteiger partial charge in [0.2, 0.25) is 0 Å². The Kier molecular flexibility index (Phi) is 6.21. The van der Waals surface area contributed by atoms with Gasteiger partial charge in [0, 0.05) is 44.3 Å². The van der Waals surface area contributed by atoms with E-state index in [9.17, 15) is 23.8 Å². The number of aliphatic hydroxyl groups excluding tert-OH is 2. The van der Waals surface area contributed by atoms with Gasteiger partial charge in [-0.25, -0.2) is 8.78 Å². The highest BCUT2D eigenvalue weighted by Crippen LogP contribution is 2.27. The Morgan fingerprint density at radius 1 is 1.04 bits per heavy atom. The molecule has 5 nitrogen and oxygen atoms in total. The lowest BCUT2D eigenvalue weighted by molar-refractivity contribution is 0.0775. The fourth-order valence-electron chi connectivity index (χ4n) is 4.01. The fraction of sp³-hybridized carbons (Fsp3) is 0.632. The number of hydrogen-bond acceptors (Lipinski definition) is 4. The van der Waals surface area contributed by atoms with E-state index in [0.717, 1.165) is 44.6 Å². The maximum atomic E-state index is 13.4. The van der Waals surface area contributed by atoms with Crippen LogP contribution < -0.4 is 0 Å². The van der Waals surface area contributed by atoms with Crippen LogP contribution in [0.2, 0.25) is 0 Å². The number of halogens is 2. The molecule has 2 N–H and O–H groups in total. The first kappa shape index (κ1) is 19.2. The number of rotatable bonds is 5. The van der Waals surface area contributed by atoms with Gasteiger partial charge in [-0.3, -0.25) is 4.79 Å². The summed E-state index contributed by atoms with van der Waals surface area (Å²) < 4.78 is 26.5. The number of carbonyl (C=O) groups excluding carboxylic acids is 1. The molecule has 1 aromatic rings. The van der Waals surface area contributed by atoms with Crippen LogP contribution in [-0.2, 0) is 0 Å². The zero-order chi connectivity index (χ0) is 18.7. The molecule has 3 rings (SSSR count). The van der Waals surface area contributed by atoms with E-state index >= 15 is 0 Å². The zero-order valence-electron chi connectivity index (χ0n) is 14.8. The van der Waals surface area contributed by atoms with Gasteiger partial charge in [-0.15, -0.1) is 0 Å². The average molecular weight is 368 g/mol. The second-order valence-electron chi connectivity index (χ2n) is 7.47. The van der Waals surface area contributed by atoms with Crippen molar-refractivity contribution < 1.29 is 23.8 Å². The van der Waals surface area contributed by atoms with Gasteiger partial charge in [-0.1, -0.05) is 0 Å². The van der Waals surface area contributed by atoms with Gasteiger partial charge in [0.15, 0.2) is 11.6 Å². The van der Waals surface area contributed by atoms with Gasteiger partial charge in [0.05, 0.1) is 0 Å². The molecule has 0 aliphatic carbocycles. The van der Waals surface area contributed by atoms with Crippen molar-refractivity contribution in [2.75, 3.05) is 45.9 Å². The molecule has 0 bridgehead atoms. The molecule has 0 saturated carbocycles. The van der Waals surface area contributed by atoms with Crippen molar-refractivity contribution in [3.8, 4) is 0 Å². The number of carbonyl (C=O) groups is 1. The van der Waals surface area contributed by atoms with E-state index in [0.29, 0.717) is 19.0 Å². The molecule has 26 heavy (non-hydrogen) atoms. The standard InChI is InChI=1S/C19H26F2N2O3/c20-17-2-1-14(7-18(17)21)19(26)23-9-15(16(10-23)12-25)8-22-5-3-13(11-24)4-6-22/h1-2,7,13,15-16,24-25H,3-6,8-12H2/t15-,16-/m1/s1. The minimum absolute atomic E-state index is 0.000664. The van der Waals surface area contributed by atoms with Crippen LogP contribution in [0.4, 0.5) is 8.78 Å². The van der Waals surface area contributed by atoms with Crippen LogP contribution in [0, 0.1) is 29.4 Å². The van der Waals surface area contributed by atoms with Gasteiger partial charge in [-0.2, -0.15) is 0 Å². The number of hydrogen-bond donors (Lipinski definition) is 2. The third kappa shape index (κ3) is 4.22. The molecule has 2 fully saturated rings. The summed E-state index contributed by atoms with van der Waals surface area (Å²) in [4.78, 5) is 16.6. The first-order valence-electron chi connectivity index (χ1n) is 9.20. The van der Waals surface area contributed by atoms with E-state index in [1.165, 1.54) is 6.07 Å². The Bertz CT molecular complexity index is 635.